The number of aliphatic hydroxyl groups excluding tert-OH is 1. The van der Waals surface area contributed by atoms with E-state index in [1.54, 1.807) is 0 Å². The first-order valence-electron chi connectivity index (χ1n) is 5.79. The molecule has 1 rings (SSSR count). The van der Waals surface area contributed by atoms with E-state index in [0.717, 1.165) is 6.26 Å². The quantitative estimate of drug-likeness (QED) is 0.604. The summed E-state index contributed by atoms with van der Waals surface area (Å²) < 4.78 is 27.8. The van der Waals surface area contributed by atoms with E-state index in [0.29, 0.717) is 0 Å². The third-order valence-electron chi connectivity index (χ3n) is 2.54. The van der Waals surface area contributed by atoms with Gasteiger partial charge in [0.25, 0.3) is 5.91 Å². The molecule has 0 bridgehead atoms. The second kappa shape index (κ2) is 6.69. The second-order valence-electron chi connectivity index (χ2n) is 4.37. The number of methoxy groups -OCH3 is 1. The number of benzene rings is 1. The molecule has 0 aliphatic rings. The van der Waals surface area contributed by atoms with Crippen molar-refractivity contribution in [3.8, 4) is 0 Å². The fourth-order valence-corrected chi connectivity index (χ4v) is 2.27. The van der Waals surface area contributed by atoms with E-state index in [2.05, 4.69) is 5.32 Å². The van der Waals surface area contributed by atoms with Crippen molar-refractivity contribution in [1.82, 2.24) is 5.32 Å². The summed E-state index contributed by atoms with van der Waals surface area (Å²) in [7, 11) is -2.02. The maximum absolute atomic E-state index is 12.0. The monoisotopic (exact) mass is 302 g/mol. The lowest BCUT2D eigenvalue weighted by atomic mass is 10.1. The molecule has 8 heteroatoms. The Morgan fingerprint density at radius 3 is 2.60 bits per heavy atom. The van der Waals surface area contributed by atoms with Crippen LogP contribution in [0.3, 0.4) is 0 Å². The predicted octanol–water partition coefficient (Wildman–Crippen LogP) is -0.591. The molecule has 1 aromatic carbocycles. The van der Waals surface area contributed by atoms with Crippen LogP contribution in [0.2, 0.25) is 0 Å². The van der Waals surface area contributed by atoms with E-state index in [4.69, 9.17) is 15.6 Å². The molecular formula is C12H18N2O5S. The predicted molar refractivity (Wildman–Crippen MR) is 74.2 cm³/mol. The third kappa shape index (κ3) is 4.48. The average molecular weight is 302 g/mol. The molecule has 4 N–H and O–H groups in total. The Morgan fingerprint density at radius 2 is 2.10 bits per heavy atom. The van der Waals surface area contributed by atoms with Crippen LogP contribution in [-0.4, -0.2) is 52.1 Å². The normalized spacial score (nSPS) is 12.9. The third-order valence-corrected chi connectivity index (χ3v) is 3.63. The van der Waals surface area contributed by atoms with Gasteiger partial charge in [-0.3, -0.25) is 4.79 Å². The highest BCUT2D eigenvalue weighted by Gasteiger charge is 2.16. The number of nitrogens with two attached hydrogens (primary N) is 1. The van der Waals surface area contributed by atoms with Gasteiger partial charge in [0, 0.05) is 24.6 Å². The molecule has 20 heavy (non-hydrogen) atoms. The van der Waals surface area contributed by atoms with Crippen molar-refractivity contribution in [1.29, 1.82) is 0 Å². The molecular weight excluding hydrogens is 284 g/mol. The van der Waals surface area contributed by atoms with Gasteiger partial charge in [-0.2, -0.15) is 0 Å². The van der Waals surface area contributed by atoms with Gasteiger partial charge in [-0.05, 0) is 18.2 Å². The molecule has 0 aliphatic heterocycles. The first-order chi connectivity index (χ1) is 9.27. The van der Waals surface area contributed by atoms with Crippen molar-refractivity contribution in [2.45, 2.75) is 10.9 Å². The molecule has 1 aromatic rings. The standard InChI is InChI=1S/C12H18N2O5S/c1-19-7-10(6-15)14-12(16)8-3-9(13)5-11(4-8)20(2,17)18/h3-5,10,15H,6-7,13H2,1-2H3,(H,14,16). The van der Waals surface area contributed by atoms with E-state index in [9.17, 15) is 13.2 Å². The highest BCUT2D eigenvalue weighted by molar-refractivity contribution is 7.90. The summed E-state index contributed by atoms with van der Waals surface area (Å²) in [4.78, 5) is 12.0. The molecule has 0 saturated heterocycles. The summed E-state index contributed by atoms with van der Waals surface area (Å²) in [6, 6.07) is 3.31. The number of nitrogens with one attached hydrogen (secondary N) is 1. The Bertz CT molecular complexity index is 586. The summed E-state index contributed by atoms with van der Waals surface area (Å²) in [5.41, 5.74) is 5.88. The number of ether oxygens (including phenoxy) is 1. The molecule has 0 saturated carbocycles. The number of sulfone groups is 1. The molecule has 0 aromatic heterocycles. The molecule has 0 radical (unpaired) electrons. The van der Waals surface area contributed by atoms with Gasteiger partial charge < -0.3 is 20.9 Å². The van der Waals surface area contributed by atoms with Gasteiger partial charge in [0.2, 0.25) is 0 Å². The molecule has 0 aliphatic carbocycles. The highest BCUT2D eigenvalue weighted by Crippen LogP contribution is 2.16. The number of rotatable bonds is 6. The molecule has 1 unspecified atom stereocenters. The fraction of sp³-hybridized carbons (Fsp3) is 0.417. The number of aliphatic hydroxyl groups is 1. The number of hydrogen-bond donors (Lipinski definition) is 3. The van der Waals surface area contributed by atoms with E-state index in [-0.39, 0.29) is 29.4 Å². The van der Waals surface area contributed by atoms with Crippen molar-refractivity contribution >= 4 is 21.4 Å². The summed E-state index contributed by atoms with van der Waals surface area (Å²) in [5, 5.41) is 11.6. The van der Waals surface area contributed by atoms with Gasteiger partial charge >= 0.3 is 0 Å². The van der Waals surface area contributed by atoms with Gasteiger partial charge in [-0.25, -0.2) is 8.42 Å². The molecule has 112 valence electrons. The first-order valence-corrected chi connectivity index (χ1v) is 7.68. The summed E-state index contributed by atoms with van der Waals surface area (Å²) >= 11 is 0. The maximum Gasteiger partial charge on any atom is 0.251 e. The second-order valence-corrected chi connectivity index (χ2v) is 6.39. The van der Waals surface area contributed by atoms with Gasteiger partial charge in [0.15, 0.2) is 9.84 Å². The number of nitrogen functional groups attached to an aromatic ring is 1. The largest absolute Gasteiger partial charge is 0.399 e. The van der Waals surface area contributed by atoms with Crippen LogP contribution in [0.1, 0.15) is 10.4 Å². The van der Waals surface area contributed by atoms with Crippen molar-refractivity contribution in [2.75, 3.05) is 32.3 Å². The van der Waals surface area contributed by atoms with Crippen LogP contribution < -0.4 is 11.1 Å². The van der Waals surface area contributed by atoms with E-state index in [1.807, 2.05) is 0 Å². The van der Waals surface area contributed by atoms with Crippen LogP contribution in [0.25, 0.3) is 0 Å². The number of amides is 1. The molecule has 0 spiro atoms. The summed E-state index contributed by atoms with van der Waals surface area (Å²) in [6.07, 6.45) is 1.03. The number of anilines is 1. The van der Waals surface area contributed by atoms with Crippen LogP contribution in [0.4, 0.5) is 5.69 Å². The van der Waals surface area contributed by atoms with E-state index in [1.165, 1.54) is 25.3 Å². The zero-order valence-electron chi connectivity index (χ0n) is 11.3. The van der Waals surface area contributed by atoms with Crippen LogP contribution >= 0.6 is 0 Å². The van der Waals surface area contributed by atoms with Crippen molar-refractivity contribution < 1.29 is 23.1 Å². The average Bonchev–Trinajstić information content (AvgIpc) is 2.36. The van der Waals surface area contributed by atoms with Crippen molar-refractivity contribution in [3.63, 3.8) is 0 Å². The molecule has 7 nitrogen and oxygen atoms in total. The van der Waals surface area contributed by atoms with Gasteiger partial charge in [0.05, 0.1) is 24.2 Å². The number of hydrogen-bond acceptors (Lipinski definition) is 6. The topological polar surface area (TPSA) is 119 Å². The van der Waals surface area contributed by atoms with Crippen LogP contribution in [-0.2, 0) is 14.6 Å². The first kappa shape index (κ1) is 16.4. The summed E-state index contributed by atoms with van der Waals surface area (Å²) in [5.74, 6) is -0.529. The number of carbonyl (C=O) groups excluding carboxylic acids is 1. The lowest BCUT2D eigenvalue weighted by molar-refractivity contribution is 0.0839. The van der Waals surface area contributed by atoms with Crippen molar-refractivity contribution in [2.24, 2.45) is 0 Å². The maximum atomic E-state index is 12.0. The van der Waals surface area contributed by atoms with E-state index >= 15 is 0 Å². The molecule has 1 atom stereocenters. The smallest absolute Gasteiger partial charge is 0.251 e. The number of carbonyl (C=O) groups is 1. The lowest BCUT2D eigenvalue weighted by Crippen LogP contribution is -2.40. The van der Waals surface area contributed by atoms with Crippen LogP contribution in [0.5, 0.6) is 0 Å². The molecule has 1 amide bonds. The van der Waals surface area contributed by atoms with Crippen LogP contribution in [0, 0.1) is 0 Å². The summed E-state index contributed by atoms with van der Waals surface area (Å²) in [6.45, 7) is -0.148. The minimum Gasteiger partial charge on any atom is -0.399 e. The Hall–Kier alpha value is -1.64. The highest BCUT2D eigenvalue weighted by atomic mass is 32.2. The Balaban J connectivity index is 3.02. The van der Waals surface area contributed by atoms with Gasteiger partial charge in [0.1, 0.15) is 0 Å². The Labute approximate surface area is 117 Å². The SMILES string of the molecule is COCC(CO)NC(=O)c1cc(N)cc(S(C)(=O)=O)c1. The minimum absolute atomic E-state index is 0.0325. The van der Waals surface area contributed by atoms with Gasteiger partial charge in [-0.15, -0.1) is 0 Å². The molecule has 0 heterocycles. The van der Waals surface area contributed by atoms with E-state index < -0.39 is 21.8 Å². The molecule has 0 fully saturated rings. The Kier molecular flexibility index (Phi) is 5.49. The minimum atomic E-state index is -3.46. The zero-order chi connectivity index (χ0) is 15.3. The van der Waals surface area contributed by atoms with Gasteiger partial charge in [-0.1, -0.05) is 0 Å². The lowest BCUT2D eigenvalue weighted by Gasteiger charge is -2.15. The van der Waals surface area contributed by atoms with Crippen molar-refractivity contribution in [3.05, 3.63) is 23.8 Å². The zero-order valence-corrected chi connectivity index (χ0v) is 12.1. The Morgan fingerprint density at radius 1 is 1.45 bits per heavy atom. The van der Waals surface area contributed by atoms with Crippen LogP contribution in [0.15, 0.2) is 23.1 Å². The fourth-order valence-electron chi connectivity index (χ4n) is 1.58.